The molecule has 1 unspecified atom stereocenters. The SMILES string of the molecule is CCNC(=NCc1ccnc(N2CCCCC2)c1)N1CCC(COCc2ccccc2)C1. The van der Waals surface area contributed by atoms with Crippen LogP contribution in [-0.4, -0.2) is 55.2 Å². The quantitative estimate of drug-likeness (QED) is 0.500. The Balaban J connectivity index is 1.30. The van der Waals surface area contributed by atoms with E-state index in [4.69, 9.17) is 9.73 Å². The second-order valence-electron chi connectivity index (χ2n) is 8.84. The molecule has 0 amide bonds. The highest BCUT2D eigenvalue weighted by Crippen LogP contribution is 2.20. The Morgan fingerprint density at radius 1 is 1.09 bits per heavy atom. The molecule has 2 aromatic rings. The molecule has 0 bridgehead atoms. The Morgan fingerprint density at radius 2 is 1.94 bits per heavy atom. The summed E-state index contributed by atoms with van der Waals surface area (Å²) < 4.78 is 5.99. The average molecular weight is 436 g/mol. The number of aromatic nitrogens is 1. The third-order valence-electron chi connectivity index (χ3n) is 6.29. The molecule has 1 atom stereocenters. The summed E-state index contributed by atoms with van der Waals surface area (Å²) >= 11 is 0. The number of guanidine groups is 1. The number of hydrogen-bond donors (Lipinski definition) is 1. The molecule has 6 nitrogen and oxygen atoms in total. The van der Waals surface area contributed by atoms with Crippen LogP contribution < -0.4 is 10.2 Å². The van der Waals surface area contributed by atoms with Gasteiger partial charge in [-0.15, -0.1) is 0 Å². The number of ether oxygens (including phenoxy) is 1. The predicted octanol–water partition coefficient (Wildman–Crippen LogP) is 4.08. The minimum absolute atomic E-state index is 0.550. The van der Waals surface area contributed by atoms with Crippen LogP contribution in [0.3, 0.4) is 0 Å². The molecule has 32 heavy (non-hydrogen) atoms. The molecule has 6 heteroatoms. The summed E-state index contributed by atoms with van der Waals surface area (Å²) in [6.07, 6.45) is 6.94. The Hall–Kier alpha value is -2.60. The summed E-state index contributed by atoms with van der Waals surface area (Å²) in [6, 6.07) is 14.7. The fourth-order valence-corrected chi connectivity index (χ4v) is 4.53. The minimum atomic E-state index is 0.550. The summed E-state index contributed by atoms with van der Waals surface area (Å²) in [5.74, 6) is 2.66. The fraction of sp³-hybridized carbons (Fsp3) is 0.538. The third-order valence-corrected chi connectivity index (χ3v) is 6.29. The van der Waals surface area contributed by atoms with Gasteiger partial charge in [0.05, 0.1) is 19.8 Å². The predicted molar refractivity (Wildman–Crippen MR) is 131 cm³/mol. The van der Waals surface area contributed by atoms with Crippen molar-refractivity contribution in [3.8, 4) is 0 Å². The van der Waals surface area contributed by atoms with Crippen molar-refractivity contribution >= 4 is 11.8 Å². The third kappa shape index (κ3) is 6.45. The number of likely N-dealkylation sites (tertiary alicyclic amines) is 1. The van der Waals surface area contributed by atoms with Crippen LogP contribution in [0.2, 0.25) is 0 Å². The van der Waals surface area contributed by atoms with Crippen molar-refractivity contribution in [2.75, 3.05) is 44.2 Å². The number of benzene rings is 1. The Bertz CT molecular complexity index is 850. The molecule has 0 aliphatic carbocycles. The lowest BCUT2D eigenvalue weighted by Crippen LogP contribution is -2.40. The van der Waals surface area contributed by atoms with Gasteiger partial charge in [0.25, 0.3) is 0 Å². The second kappa shape index (κ2) is 11.9. The molecular weight excluding hydrogens is 398 g/mol. The maximum atomic E-state index is 5.99. The van der Waals surface area contributed by atoms with Crippen LogP contribution in [0.15, 0.2) is 53.7 Å². The average Bonchev–Trinajstić information content (AvgIpc) is 3.32. The standard InChI is InChI=1S/C26H37N5O/c1-2-27-26(29-18-23-11-13-28-25(17-23)30-14-7-4-8-15-30)31-16-12-24(19-31)21-32-20-22-9-5-3-6-10-22/h3,5-6,9-11,13,17,24H,2,4,7-8,12,14-16,18-21H2,1H3,(H,27,29). The smallest absolute Gasteiger partial charge is 0.194 e. The largest absolute Gasteiger partial charge is 0.376 e. The van der Waals surface area contributed by atoms with E-state index in [9.17, 15) is 0 Å². The van der Waals surface area contributed by atoms with Gasteiger partial charge in [-0.25, -0.2) is 9.98 Å². The van der Waals surface area contributed by atoms with Crippen LogP contribution in [-0.2, 0) is 17.9 Å². The molecule has 2 aliphatic rings. The van der Waals surface area contributed by atoms with Gasteiger partial charge in [-0.3, -0.25) is 0 Å². The van der Waals surface area contributed by atoms with Crippen molar-refractivity contribution in [3.05, 3.63) is 59.8 Å². The van der Waals surface area contributed by atoms with Gasteiger partial charge in [-0.1, -0.05) is 30.3 Å². The summed E-state index contributed by atoms with van der Waals surface area (Å²) in [4.78, 5) is 14.3. The summed E-state index contributed by atoms with van der Waals surface area (Å²) in [6.45, 7) is 9.43. The molecule has 1 N–H and O–H groups in total. The van der Waals surface area contributed by atoms with Crippen LogP contribution in [0, 0.1) is 5.92 Å². The van der Waals surface area contributed by atoms with Crippen molar-refractivity contribution in [2.24, 2.45) is 10.9 Å². The van der Waals surface area contributed by atoms with Gasteiger partial charge in [0.1, 0.15) is 5.82 Å². The van der Waals surface area contributed by atoms with E-state index in [2.05, 4.69) is 63.4 Å². The normalized spacial score (nSPS) is 19.4. The topological polar surface area (TPSA) is 53.0 Å². The zero-order valence-corrected chi connectivity index (χ0v) is 19.4. The molecule has 172 valence electrons. The van der Waals surface area contributed by atoms with E-state index in [0.717, 1.165) is 57.5 Å². The van der Waals surface area contributed by atoms with Crippen molar-refractivity contribution in [1.29, 1.82) is 0 Å². The number of aliphatic imine (C=N–C) groups is 1. The van der Waals surface area contributed by atoms with E-state index in [-0.39, 0.29) is 0 Å². The Kier molecular flexibility index (Phi) is 8.37. The molecule has 2 aliphatic heterocycles. The van der Waals surface area contributed by atoms with Crippen molar-refractivity contribution < 1.29 is 4.74 Å². The number of hydrogen-bond acceptors (Lipinski definition) is 4. The van der Waals surface area contributed by atoms with Crippen molar-refractivity contribution in [2.45, 2.75) is 45.8 Å². The van der Waals surface area contributed by atoms with Crippen LogP contribution >= 0.6 is 0 Å². The molecule has 2 saturated heterocycles. The van der Waals surface area contributed by atoms with Gasteiger partial charge in [-0.2, -0.15) is 0 Å². The number of nitrogens with one attached hydrogen (secondary N) is 1. The highest BCUT2D eigenvalue weighted by Gasteiger charge is 2.25. The number of piperidine rings is 1. The van der Waals surface area contributed by atoms with Crippen LogP contribution in [0.4, 0.5) is 5.82 Å². The first-order valence-corrected chi connectivity index (χ1v) is 12.2. The van der Waals surface area contributed by atoms with E-state index in [0.29, 0.717) is 19.1 Å². The zero-order chi connectivity index (χ0) is 22.0. The number of nitrogens with zero attached hydrogens (tertiary/aromatic N) is 4. The van der Waals surface area contributed by atoms with E-state index >= 15 is 0 Å². The van der Waals surface area contributed by atoms with E-state index in [1.807, 2.05) is 12.3 Å². The zero-order valence-electron chi connectivity index (χ0n) is 19.4. The van der Waals surface area contributed by atoms with Gasteiger partial charge in [-0.05, 0) is 55.9 Å². The maximum Gasteiger partial charge on any atom is 0.194 e. The van der Waals surface area contributed by atoms with Gasteiger partial charge in [0.2, 0.25) is 0 Å². The van der Waals surface area contributed by atoms with Gasteiger partial charge in [0.15, 0.2) is 5.96 Å². The fourth-order valence-electron chi connectivity index (χ4n) is 4.53. The van der Waals surface area contributed by atoms with Crippen molar-refractivity contribution in [3.63, 3.8) is 0 Å². The number of pyridine rings is 1. The van der Waals surface area contributed by atoms with E-state index in [1.54, 1.807) is 0 Å². The minimum Gasteiger partial charge on any atom is -0.376 e. The molecule has 3 heterocycles. The van der Waals surface area contributed by atoms with Crippen LogP contribution in [0.1, 0.15) is 43.7 Å². The lowest BCUT2D eigenvalue weighted by Gasteiger charge is -2.27. The highest BCUT2D eigenvalue weighted by atomic mass is 16.5. The molecule has 4 rings (SSSR count). The first kappa shape index (κ1) is 22.6. The molecule has 0 spiro atoms. The maximum absolute atomic E-state index is 5.99. The molecule has 0 saturated carbocycles. The van der Waals surface area contributed by atoms with Gasteiger partial charge in [0, 0.05) is 44.8 Å². The lowest BCUT2D eigenvalue weighted by atomic mass is 10.1. The molecule has 2 fully saturated rings. The van der Waals surface area contributed by atoms with E-state index < -0.39 is 0 Å². The van der Waals surface area contributed by atoms with Crippen molar-refractivity contribution in [1.82, 2.24) is 15.2 Å². The summed E-state index contributed by atoms with van der Waals surface area (Å²) in [7, 11) is 0. The van der Waals surface area contributed by atoms with Gasteiger partial charge >= 0.3 is 0 Å². The van der Waals surface area contributed by atoms with Crippen LogP contribution in [0.25, 0.3) is 0 Å². The highest BCUT2D eigenvalue weighted by molar-refractivity contribution is 5.80. The monoisotopic (exact) mass is 435 g/mol. The molecular formula is C26H37N5O. The molecule has 1 aromatic heterocycles. The Morgan fingerprint density at radius 3 is 2.75 bits per heavy atom. The number of anilines is 1. The lowest BCUT2D eigenvalue weighted by molar-refractivity contribution is 0.0906. The Labute approximate surface area is 192 Å². The summed E-state index contributed by atoms with van der Waals surface area (Å²) in [5.41, 5.74) is 2.46. The second-order valence-corrected chi connectivity index (χ2v) is 8.84. The van der Waals surface area contributed by atoms with Crippen LogP contribution in [0.5, 0.6) is 0 Å². The molecule has 1 aromatic carbocycles. The number of rotatable bonds is 8. The van der Waals surface area contributed by atoms with E-state index in [1.165, 1.54) is 30.4 Å². The first-order chi connectivity index (χ1) is 15.8. The first-order valence-electron chi connectivity index (χ1n) is 12.2. The van der Waals surface area contributed by atoms with Gasteiger partial charge < -0.3 is 19.9 Å². The molecule has 0 radical (unpaired) electrons. The summed E-state index contributed by atoms with van der Waals surface area (Å²) in [5, 5.41) is 3.48.